The van der Waals surface area contributed by atoms with Gasteiger partial charge >= 0.3 is 0 Å². The Kier molecular flexibility index (Phi) is 5.92. The van der Waals surface area contributed by atoms with Crippen molar-refractivity contribution in [3.05, 3.63) is 59.9 Å². The van der Waals surface area contributed by atoms with E-state index in [1.165, 1.54) is 7.05 Å². The summed E-state index contributed by atoms with van der Waals surface area (Å²) >= 11 is 0. The first-order valence-corrected chi connectivity index (χ1v) is 10.7. The normalized spacial score (nSPS) is 15.3. The number of aromatic nitrogens is 1. The van der Waals surface area contributed by atoms with Crippen LogP contribution < -0.4 is 4.72 Å². The number of hydrogen-bond donors (Lipinski definition) is 1. The van der Waals surface area contributed by atoms with Gasteiger partial charge in [-0.05, 0) is 63.1 Å². The molecule has 1 fully saturated rings. The lowest BCUT2D eigenvalue weighted by atomic mass is 10.1. The van der Waals surface area contributed by atoms with Crippen molar-refractivity contribution in [3.63, 3.8) is 0 Å². The van der Waals surface area contributed by atoms with Gasteiger partial charge in [-0.15, -0.1) is 0 Å². The number of aryl methyl sites for hydroxylation is 1. The molecule has 1 aromatic carbocycles. The van der Waals surface area contributed by atoms with E-state index in [9.17, 15) is 13.2 Å². The van der Waals surface area contributed by atoms with Gasteiger partial charge in [-0.3, -0.25) is 9.78 Å². The van der Waals surface area contributed by atoms with Gasteiger partial charge in [0.25, 0.3) is 0 Å². The molecular formula is C20H25N3O3S. The highest BCUT2D eigenvalue weighted by Gasteiger charge is 2.36. The summed E-state index contributed by atoms with van der Waals surface area (Å²) in [5, 5.41) is 0. The molecule has 1 saturated carbocycles. The van der Waals surface area contributed by atoms with E-state index in [1.54, 1.807) is 30.5 Å². The average Bonchev–Trinajstić information content (AvgIpc) is 3.52. The smallest absolute Gasteiger partial charge is 0.240 e. The fourth-order valence-electron chi connectivity index (χ4n) is 3.19. The van der Waals surface area contributed by atoms with E-state index in [2.05, 4.69) is 9.71 Å². The van der Waals surface area contributed by atoms with Crippen molar-refractivity contribution in [1.29, 1.82) is 0 Å². The van der Waals surface area contributed by atoms with E-state index in [1.807, 2.05) is 30.0 Å². The van der Waals surface area contributed by atoms with E-state index in [-0.39, 0.29) is 16.8 Å². The van der Waals surface area contributed by atoms with Crippen molar-refractivity contribution < 1.29 is 13.2 Å². The van der Waals surface area contributed by atoms with E-state index >= 15 is 0 Å². The largest absolute Gasteiger partial charge is 0.331 e. The number of carbonyl (C=O) groups is 1. The monoisotopic (exact) mass is 387 g/mol. The number of nitrogens with zero attached hydrogens (tertiary/aromatic N) is 2. The summed E-state index contributed by atoms with van der Waals surface area (Å²) in [7, 11) is -2.05. The van der Waals surface area contributed by atoms with Gasteiger partial charge < -0.3 is 4.90 Å². The quantitative estimate of drug-likeness (QED) is 0.755. The third kappa shape index (κ3) is 4.73. The lowest BCUT2D eigenvalue weighted by Crippen LogP contribution is -2.36. The lowest BCUT2D eigenvalue weighted by Gasteiger charge is -2.29. The van der Waals surface area contributed by atoms with Crippen molar-refractivity contribution in [2.75, 3.05) is 7.05 Å². The van der Waals surface area contributed by atoms with E-state index in [0.29, 0.717) is 18.9 Å². The molecule has 0 saturated heterocycles. The molecule has 6 nitrogen and oxygen atoms in total. The second-order valence-corrected chi connectivity index (χ2v) is 8.70. The number of pyridine rings is 1. The molecule has 7 heteroatoms. The van der Waals surface area contributed by atoms with E-state index in [0.717, 1.165) is 24.1 Å². The maximum absolute atomic E-state index is 12.9. The van der Waals surface area contributed by atoms with Gasteiger partial charge in [0.05, 0.1) is 16.6 Å². The van der Waals surface area contributed by atoms with Crippen molar-refractivity contribution in [3.8, 4) is 0 Å². The number of benzene rings is 1. The van der Waals surface area contributed by atoms with Crippen LogP contribution in [0.15, 0.2) is 53.6 Å². The minimum Gasteiger partial charge on any atom is -0.331 e. The van der Waals surface area contributed by atoms with Crippen LogP contribution in [0.25, 0.3) is 0 Å². The number of nitrogens with one attached hydrogen (secondary N) is 1. The maximum atomic E-state index is 12.9. The summed E-state index contributed by atoms with van der Waals surface area (Å²) in [6.45, 7) is 2.02. The molecule has 1 atom stereocenters. The number of sulfonamides is 1. The zero-order valence-electron chi connectivity index (χ0n) is 15.6. The van der Waals surface area contributed by atoms with Gasteiger partial charge in [-0.25, -0.2) is 13.1 Å². The minimum absolute atomic E-state index is 0.0469. The summed E-state index contributed by atoms with van der Waals surface area (Å²) < 4.78 is 25.9. The van der Waals surface area contributed by atoms with E-state index in [4.69, 9.17) is 0 Å². The fourth-order valence-corrected chi connectivity index (χ4v) is 3.92. The minimum atomic E-state index is -3.44. The van der Waals surface area contributed by atoms with Crippen LogP contribution in [0, 0.1) is 0 Å². The highest BCUT2D eigenvalue weighted by Crippen LogP contribution is 2.34. The lowest BCUT2D eigenvalue weighted by molar-refractivity contribution is -0.134. The molecule has 3 rings (SSSR count). The molecule has 2 aromatic rings. The summed E-state index contributed by atoms with van der Waals surface area (Å²) in [5.41, 5.74) is 1.85. The molecule has 1 heterocycles. The number of amides is 1. The first-order chi connectivity index (χ1) is 12.9. The number of rotatable bonds is 8. The summed E-state index contributed by atoms with van der Waals surface area (Å²) in [4.78, 5) is 19.5. The summed E-state index contributed by atoms with van der Waals surface area (Å²) in [6.07, 6.45) is 4.81. The van der Waals surface area contributed by atoms with Crippen LogP contribution in [-0.4, -0.2) is 37.3 Å². The van der Waals surface area contributed by atoms with Crippen LogP contribution in [0.4, 0.5) is 0 Å². The Balaban J connectivity index is 1.65. The van der Waals surface area contributed by atoms with Gasteiger partial charge in [0.2, 0.25) is 15.9 Å². The second-order valence-electron chi connectivity index (χ2n) is 6.81. The van der Waals surface area contributed by atoms with Crippen LogP contribution in [0.3, 0.4) is 0 Å². The van der Waals surface area contributed by atoms with Gasteiger partial charge in [0, 0.05) is 18.7 Å². The second kappa shape index (κ2) is 8.19. The van der Waals surface area contributed by atoms with Gasteiger partial charge in [-0.2, -0.15) is 0 Å². The van der Waals surface area contributed by atoms with Crippen LogP contribution in [-0.2, 0) is 21.2 Å². The van der Waals surface area contributed by atoms with Gasteiger partial charge in [0.15, 0.2) is 0 Å². The standard InChI is InChI=1S/C20H25N3O3S/c1-15(19-5-3-4-14-22-19)23(17-9-10-17)20(24)13-8-16-6-11-18(12-7-16)27(25,26)21-2/h3-7,11-12,14-15,17,21H,8-10,13H2,1-2H3. The molecule has 1 aromatic heterocycles. The zero-order valence-corrected chi connectivity index (χ0v) is 16.4. The average molecular weight is 388 g/mol. The first kappa shape index (κ1) is 19.5. The molecule has 0 spiro atoms. The van der Waals surface area contributed by atoms with Crippen molar-refractivity contribution in [2.24, 2.45) is 0 Å². The third-order valence-corrected chi connectivity index (χ3v) is 6.32. The molecule has 1 aliphatic rings. The predicted octanol–water partition coefficient (Wildman–Crippen LogP) is 2.67. The molecule has 1 N–H and O–H groups in total. The van der Waals surface area contributed by atoms with Crippen LogP contribution in [0.5, 0.6) is 0 Å². The molecule has 0 radical (unpaired) electrons. The molecule has 1 aliphatic carbocycles. The Labute approximate surface area is 160 Å². The SMILES string of the molecule is CNS(=O)(=O)c1ccc(CCC(=O)N(C2CC2)C(C)c2ccccn2)cc1. The van der Waals surface area contributed by atoms with Crippen molar-refractivity contribution in [1.82, 2.24) is 14.6 Å². The van der Waals surface area contributed by atoms with Gasteiger partial charge in [-0.1, -0.05) is 18.2 Å². The van der Waals surface area contributed by atoms with Crippen molar-refractivity contribution >= 4 is 15.9 Å². The Bertz CT molecular complexity index is 878. The van der Waals surface area contributed by atoms with E-state index < -0.39 is 10.0 Å². The molecule has 1 amide bonds. The van der Waals surface area contributed by atoms with Crippen molar-refractivity contribution in [2.45, 2.75) is 49.6 Å². The summed E-state index contributed by atoms with van der Waals surface area (Å²) in [6, 6.07) is 12.7. The Morgan fingerprint density at radius 2 is 1.93 bits per heavy atom. The molecule has 0 bridgehead atoms. The van der Waals surface area contributed by atoms with Gasteiger partial charge in [0.1, 0.15) is 0 Å². The highest BCUT2D eigenvalue weighted by atomic mass is 32.2. The maximum Gasteiger partial charge on any atom is 0.240 e. The molecule has 27 heavy (non-hydrogen) atoms. The molecule has 0 aliphatic heterocycles. The Morgan fingerprint density at radius 1 is 1.22 bits per heavy atom. The number of carbonyl (C=O) groups excluding carboxylic acids is 1. The topological polar surface area (TPSA) is 79.4 Å². The zero-order chi connectivity index (χ0) is 19.4. The first-order valence-electron chi connectivity index (χ1n) is 9.17. The Hall–Kier alpha value is -2.25. The number of hydrogen-bond acceptors (Lipinski definition) is 4. The predicted molar refractivity (Wildman–Crippen MR) is 104 cm³/mol. The summed E-state index contributed by atoms with van der Waals surface area (Å²) in [5.74, 6) is 0.113. The van der Waals surface area contributed by atoms with Crippen LogP contribution in [0.1, 0.15) is 43.5 Å². The fraction of sp³-hybridized carbons (Fsp3) is 0.400. The highest BCUT2D eigenvalue weighted by molar-refractivity contribution is 7.89. The Morgan fingerprint density at radius 3 is 2.48 bits per heavy atom. The molecule has 1 unspecified atom stereocenters. The molecular weight excluding hydrogens is 362 g/mol. The third-order valence-electron chi connectivity index (χ3n) is 4.89. The van der Waals surface area contributed by atoms with Crippen LogP contribution >= 0.6 is 0 Å². The molecule has 144 valence electrons. The van der Waals surface area contributed by atoms with Crippen LogP contribution in [0.2, 0.25) is 0 Å².